The summed E-state index contributed by atoms with van der Waals surface area (Å²) in [5, 5.41) is 0.148. The van der Waals surface area contributed by atoms with Crippen molar-refractivity contribution in [2.24, 2.45) is 0 Å². The third-order valence-electron chi connectivity index (χ3n) is 3.94. The maximum Gasteiger partial charge on any atom is 0.387 e. The molecular formula is C18H16ClF3N2O3. The minimum Gasteiger partial charge on any atom is -0.478 e. The number of aromatic nitrogens is 1. The molecule has 0 aliphatic carbocycles. The lowest BCUT2D eigenvalue weighted by molar-refractivity contribution is -0.0499. The van der Waals surface area contributed by atoms with Crippen LogP contribution in [0.5, 0.6) is 11.6 Å². The van der Waals surface area contributed by atoms with Crippen molar-refractivity contribution in [3.63, 3.8) is 0 Å². The van der Waals surface area contributed by atoms with Gasteiger partial charge in [0, 0.05) is 6.07 Å². The molecule has 0 atom stereocenters. The number of carbonyl (C=O) groups excluding carboxylic acids is 1. The fraction of sp³-hybridized carbons (Fsp3) is 0.333. The van der Waals surface area contributed by atoms with Gasteiger partial charge < -0.3 is 14.4 Å². The van der Waals surface area contributed by atoms with Crippen LogP contribution in [-0.2, 0) is 0 Å². The fourth-order valence-electron chi connectivity index (χ4n) is 2.74. The molecule has 1 saturated heterocycles. The van der Waals surface area contributed by atoms with E-state index in [4.69, 9.17) is 16.3 Å². The van der Waals surface area contributed by atoms with Crippen LogP contribution in [-0.4, -0.2) is 48.3 Å². The number of ether oxygens (including phenoxy) is 2. The molecule has 0 unspecified atom stereocenters. The number of amides is 1. The number of likely N-dealkylation sites (tertiary alicyclic amines) is 1. The number of rotatable bonds is 6. The van der Waals surface area contributed by atoms with E-state index >= 15 is 0 Å². The average Bonchev–Trinajstić information content (AvgIpc) is 2.57. The van der Waals surface area contributed by atoms with E-state index in [2.05, 4.69) is 9.72 Å². The van der Waals surface area contributed by atoms with Gasteiger partial charge in [-0.2, -0.15) is 8.78 Å². The first-order valence-corrected chi connectivity index (χ1v) is 8.58. The molecule has 0 radical (unpaired) electrons. The summed E-state index contributed by atoms with van der Waals surface area (Å²) in [7, 11) is 0. The van der Waals surface area contributed by atoms with E-state index in [0.29, 0.717) is 17.7 Å². The molecule has 5 nitrogen and oxygen atoms in total. The fourth-order valence-corrected chi connectivity index (χ4v) is 2.94. The number of hydrogen-bond acceptors (Lipinski definition) is 4. The number of carbonyl (C=O) groups is 1. The third-order valence-corrected chi connectivity index (χ3v) is 4.14. The van der Waals surface area contributed by atoms with E-state index in [9.17, 15) is 18.0 Å². The van der Waals surface area contributed by atoms with Crippen LogP contribution in [0, 0.1) is 0 Å². The van der Waals surface area contributed by atoms with Gasteiger partial charge >= 0.3 is 6.61 Å². The number of benzene rings is 1. The molecule has 0 bridgehead atoms. The summed E-state index contributed by atoms with van der Waals surface area (Å²) in [5.41, 5.74) is 1.04. The molecule has 0 saturated carbocycles. The first-order chi connectivity index (χ1) is 12.9. The van der Waals surface area contributed by atoms with Gasteiger partial charge in [0.15, 0.2) is 0 Å². The highest BCUT2D eigenvalue weighted by molar-refractivity contribution is 6.29. The Bertz CT molecular complexity index is 845. The molecule has 0 spiro atoms. The minimum absolute atomic E-state index is 0.0422. The van der Waals surface area contributed by atoms with E-state index in [1.165, 1.54) is 29.2 Å². The van der Waals surface area contributed by atoms with Crippen LogP contribution in [0.4, 0.5) is 13.2 Å². The minimum atomic E-state index is -3.03. The van der Waals surface area contributed by atoms with Crippen LogP contribution in [0.15, 0.2) is 30.3 Å². The quantitative estimate of drug-likeness (QED) is 0.682. The summed E-state index contributed by atoms with van der Waals surface area (Å²) < 4.78 is 48.0. The lowest BCUT2D eigenvalue weighted by Gasteiger charge is -2.34. The maximum atomic E-state index is 13.1. The number of pyridine rings is 1. The maximum absolute atomic E-state index is 13.1. The van der Waals surface area contributed by atoms with Crippen LogP contribution in [0.25, 0.3) is 11.1 Å². The smallest absolute Gasteiger partial charge is 0.387 e. The van der Waals surface area contributed by atoms with Gasteiger partial charge in [-0.05, 0) is 42.3 Å². The third kappa shape index (κ3) is 4.44. The van der Waals surface area contributed by atoms with E-state index in [0.717, 1.165) is 0 Å². The second-order valence-electron chi connectivity index (χ2n) is 5.84. The highest BCUT2D eigenvalue weighted by Crippen LogP contribution is 2.33. The monoisotopic (exact) mass is 400 g/mol. The van der Waals surface area contributed by atoms with Gasteiger partial charge in [-0.25, -0.2) is 9.37 Å². The van der Waals surface area contributed by atoms with Gasteiger partial charge in [-0.15, -0.1) is 0 Å². The summed E-state index contributed by atoms with van der Waals surface area (Å²) >= 11 is 6.03. The van der Waals surface area contributed by atoms with E-state index < -0.39 is 18.7 Å². The van der Waals surface area contributed by atoms with Gasteiger partial charge in [0.2, 0.25) is 5.88 Å². The lowest BCUT2D eigenvalue weighted by Crippen LogP contribution is -2.51. The second kappa shape index (κ2) is 8.04. The molecule has 1 fully saturated rings. The first kappa shape index (κ1) is 19.3. The Balaban J connectivity index is 2.04. The van der Waals surface area contributed by atoms with Crippen molar-refractivity contribution in [3.05, 3.63) is 41.0 Å². The zero-order valence-electron chi connectivity index (χ0n) is 14.3. The molecule has 1 aromatic heterocycles. The van der Waals surface area contributed by atoms with Crippen LogP contribution in [0.3, 0.4) is 0 Å². The molecule has 3 rings (SSSR count). The van der Waals surface area contributed by atoms with Gasteiger partial charge in [-0.3, -0.25) is 4.79 Å². The topological polar surface area (TPSA) is 51.7 Å². The van der Waals surface area contributed by atoms with Crippen molar-refractivity contribution in [2.45, 2.75) is 19.7 Å². The highest BCUT2D eigenvalue weighted by atomic mass is 35.5. The predicted octanol–water partition coefficient (Wildman–Crippen LogP) is 4.20. The normalized spacial score (nSPS) is 14.2. The first-order valence-electron chi connectivity index (χ1n) is 8.20. The van der Waals surface area contributed by atoms with Crippen molar-refractivity contribution in [3.8, 4) is 22.8 Å². The van der Waals surface area contributed by atoms with Crippen molar-refractivity contribution >= 4 is 17.5 Å². The molecule has 1 amide bonds. The molecule has 9 heteroatoms. The Morgan fingerprint density at radius 2 is 2.07 bits per heavy atom. The molecule has 0 N–H and O–H groups in total. The number of hydrogen-bond donors (Lipinski definition) is 0. The van der Waals surface area contributed by atoms with Crippen LogP contribution < -0.4 is 9.47 Å². The molecule has 1 aromatic carbocycles. The SMILES string of the molecule is CCOc1cc(-c2ccc(OC(F)F)cc2C(=O)N2CC(F)C2)cc(Cl)n1. The van der Waals surface area contributed by atoms with Crippen LogP contribution >= 0.6 is 11.6 Å². The number of nitrogens with zero attached hydrogens (tertiary/aromatic N) is 2. The summed E-state index contributed by atoms with van der Waals surface area (Å²) in [4.78, 5) is 18.1. The predicted molar refractivity (Wildman–Crippen MR) is 93.3 cm³/mol. The van der Waals surface area contributed by atoms with Crippen LogP contribution in [0.1, 0.15) is 17.3 Å². The molecule has 144 valence electrons. The molecule has 27 heavy (non-hydrogen) atoms. The lowest BCUT2D eigenvalue weighted by atomic mass is 9.98. The number of alkyl halides is 3. The van der Waals surface area contributed by atoms with E-state index in [1.807, 2.05) is 0 Å². The number of halogens is 4. The van der Waals surface area contributed by atoms with Crippen LogP contribution in [0.2, 0.25) is 5.15 Å². The summed E-state index contributed by atoms with van der Waals surface area (Å²) in [6.07, 6.45) is -1.09. The Morgan fingerprint density at radius 3 is 2.70 bits per heavy atom. The van der Waals surface area contributed by atoms with Gasteiger partial charge in [0.1, 0.15) is 17.1 Å². The van der Waals surface area contributed by atoms with Gasteiger partial charge in [0.25, 0.3) is 5.91 Å². The molecule has 2 heterocycles. The zero-order chi connectivity index (χ0) is 19.6. The highest BCUT2D eigenvalue weighted by Gasteiger charge is 2.32. The Kier molecular flexibility index (Phi) is 5.74. The van der Waals surface area contributed by atoms with Gasteiger partial charge in [-0.1, -0.05) is 11.6 Å². The second-order valence-corrected chi connectivity index (χ2v) is 6.23. The average molecular weight is 401 g/mol. The summed E-state index contributed by atoms with van der Waals surface area (Å²) in [5.74, 6) is -0.386. The van der Waals surface area contributed by atoms with Crippen molar-refractivity contribution in [2.75, 3.05) is 19.7 Å². The Morgan fingerprint density at radius 1 is 1.33 bits per heavy atom. The van der Waals surface area contributed by atoms with E-state index in [-0.39, 0.29) is 35.4 Å². The standard InChI is InChI=1S/C18H16ClF3N2O3/c1-2-26-16-6-10(5-15(19)23-16)13-4-3-12(27-18(21)22)7-14(13)17(25)24-8-11(20)9-24/h3-7,11,18H,2,8-9H2,1H3. The molecule has 1 aliphatic heterocycles. The van der Waals surface area contributed by atoms with Crippen molar-refractivity contribution < 1.29 is 27.4 Å². The largest absolute Gasteiger partial charge is 0.478 e. The zero-order valence-corrected chi connectivity index (χ0v) is 15.0. The summed E-state index contributed by atoms with van der Waals surface area (Å²) in [6, 6.07) is 7.12. The van der Waals surface area contributed by atoms with Crippen molar-refractivity contribution in [1.82, 2.24) is 9.88 Å². The molecule has 1 aliphatic rings. The Hall–Kier alpha value is -2.48. The Labute approximate surface area is 158 Å². The molecular weight excluding hydrogens is 385 g/mol. The van der Waals surface area contributed by atoms with Gasteiger partial charge in [0.05, 0.1) is 25.3 Å². The molecule has 2 aromatic rings. The van der Waals surface area contributed by atoms with E-state index in [1.54, 1.807) is 13.0 Å². The van der Waals surface area contributed by atoms with Crippen molar-refractivity contribution in [1.29, 1.82) is 0 Å². The summed E-state index contributed by atoms with van der Waals surface area (Å²) in [6.45, 7) is -0.965.